The number of hydrogen-bond acceptors (Lipinski definition) is 3. The molecule has 24 heavy (non-hydrogen) atoms. The predicted octanol–water partition coefficient (Wildman–Crippen LogP) is 3.20. The summed E-state index contributed by atoms with van der Waals surface area (Å²) in [4.78, 5) is 24.2. The monoisotopic (exact) mass is 328 g/mol. The zero-order valence-corrected chi connectivity index (χ0v) is 14.4. The summed E-state index contributed by atoms with van der Waals surface area (Å²) in [6.07, 6.45) is 1.50. The molecular formula is C19H24N2O3. The molecule has 2 amide bonds. The normalized spacial score (nSPS) is 20.8. The smallest absolute Gasteiger partial charge is 0.319 e. The van der Waals surface area contributed by atoms with Crippen LogP contribution in [0.4, 0.5) is 4.79 Å². The average Bonchev–Trinajstić information content (AvgIpc) is 2.51. The Morgan fingerprint density at radius 1 is 1.29 bits per heavy atom. The van der Waals surface area contributed by atoms with Gasteiger partial charge in [-0.15, -0.1) is 0 Å². The molecule has 5 heteroatoms. The predicted molar refractivity (Wildman–Crippen MR) is 93.3 cm³/mol. The Balaban J connectivity index is 2.32. The molecule has 1 saturated heterocycles. The molecule has 1 aliphatic rings. The van der Waals surface area contributed by atoms with Crippen LogP contribution >= 0.6 is 0 Å². The molecule has 0 unspecified atom stereocenters. The van der Waals surface area contributed by atoms with Crippen LogP contribution in [0.1, 0.15) is 37.9 Å². The number of benzene rings is 1. The lowest BCUT2D eigenvalue weighted by atomic mass is 9.84. The first-order chi connectivity index (χ1) is 11.2. The number of rotatable bonds is 4. The number of carbonyl (C=O) groups is 2. The van der Waals surface area contributed by atoms with Crippen LogP contribution in [0.2, 0.25) is 0 Å². The molecule has 0 aromatic heterocycles. The lowest BCUT2D eigenvalue weighted by Crippen LogP contribution is -2.51. The van der Waals surface area contributed by atoms with Crippen LogP contribution in [0, 0.1) is 5.92 Å². The van der Waals surface area contributed by atoms with E-state index in [1.54, 1.807) is 0 Å². The highest BCUT2D eigenvalue weighted by molar-refractivity contribution is 5.85. The molecule has 2 atom stereocenters. The largest absolute Gasteiger partial charge is 0.461 e. The fourth-order valence-corrected chi connectivity index (χ4v) is 2.66. The standard InChI is InChI=1S/C19H24N2O3/c1-6-11-24-17(22)15-12(2)20-18(23)21-16(15)13-7-9-14(10-8-13)19(3,4)5/h6-10,15-16H,1-2,11H2,3-5H3,(H2,20,21,23)/t15-,16+/m0/s1. The quantitative estimate of drug-likeness (QED) is 0.659. The molecule has 1 heterocycles. The lowest BCUT2D eigenvalue weighted by Gasteiger charge is -2.33. The number of nitrogens with one attached hydrogen (secondary N) is 2. The number of ether oxygens (including phenoxy) is 1. The van der Waals surface area contributed by atoms with Crippen molar-refractivity contribution in [3.05, 3.63) is 60.3 Å². The molecule has 0 aliphatic carbocycles. The minimum atomic E-state index is -0.692. The van der Waals surface area contributed by atoms with Gasteiger partial charge in [0.15, 0.2) is 0 Å². The third kappa shape index (κ3) is 3.85. The first kappa shape index (κ1) is 17.8. The van der Waals surface area contributed by atoms with Gasteiger partial charge in [-0.2, -0.15) is 0 Å². The molecule has 1 fully saturated rings. The van der Waals surface area contributed by atoms with E-state index in [4.69, 9.17) is 4.74 Å². The van der Waals surface area contributed by atoms with Gasteiger partial charge in [-0.1, -0.05) is 64.3 Å². The van der Waals surface area contributed by atoms with Gasteiger partial charge in [-0.3, -0.25) is 4.79 Å². The van der Waals surface area contributed by atoms with Crippen molar-refractivity contribution in [2.24, 2.45) is 5.92 Å². The molecule has 0 radical (unpaired) electrons. The fourth-order valence-electron chi connectivity index (χ4n) is 2.66. The van der Waals surface area contributed by atoms with E-state index in [0.717, 1.165) is 5.56 Å². The second-order valence-corrected chi connectivity index (χ2v) is 6.87. The highest BCUT2D eigenvalue weighted by Crippen LogP contribution is 2.32. The van der Waals surface area contributed by atoms with Crippen molar-refractivity contribution >= 4 is 12.0 Å². The molecular weight excluding hydrogens is 304 g/mol. The number of carbonyl (C=O) groups excluding carboxylic acids is 2. The van der Waals surface area contributed by atoms with Gasteiger partial charge < -0.3 is 15.4 Å². The second kappa shape index (κ2) is 6.91. The first-order valence-corrected chi connectivity index (χ1v) is 7.88. The zero-order valence-electron chi connectivity index (χ0n) is 14.4. The average molecular weight is 328 g/mol. The maximum atomic E-state index is 12.4. The Hall–Kier alpha value is -2.56. The molecule has 1 aliphatic heterocycles. The minimum absolute atomic E-state index is 0.0296. The molecule has 128 valence electrons. The first-order valence-electron chi connectivity index (χ1n) is 7.88. The van der Waals surface area contributed by atoms with Crippen LogP contribution in [-0.2, 0) is 14.9 Å². The minimum Gasteiger partial charge on any atom is -0.461 e. The van der Waals surface area contributed by atoms with Crippen molar-refractivity contribution in [1.82, 2.24) is 10.6 Å². The summed E-state index contributed by atoms with van der Waals surface area (Å²) in [5.41, 5.74) is 2.37. The Morgan fingerprint density at radius 3 is 2.46 bits per heavy atom. The van der Waals surface area contributed by atoms with Crippen LogP contribution in [0.25, 0.3) is 0 Å². The van der Waals surface area contributed by atoms with Gasteiger partial charge in [0.2, 0.25) is 0 Å². The number of hydrogen-bond donors (Lipinski definition) is 2. The van der Waals surface area contributed by atoms with Gasteiger partial charge in [0.05, 0.1) is 6.04 Å². The summed E-state index contributed by atoms with van der Waals surface area (Å²) in [5, 5.41) is 5.34. The van der Waals surface area contributed by atoms with Gasteiger partial charge in [0.1, 0.15) is 12.5 Å². The summed E-state index contributed by atoms with van der Waals surface area (Å²) in [5.74, 6) is -1.14. The van der Waals surface area contributed by atoms with Crippen LogP contribution < -0.4 is 10.6 Å². The van der Waals surface area contributed by atoms with Crippen molar-refractivity contribution in [3.63, 3.8) is 0 Å². The number of urea groups is 1. The van der Waals surface area contributed by atoms with E-state index >= 15 is 0 Å². The maximum absolute atomic E-state index is 12.4. The van der Waals surface area contributed by atoms with E-state index in [9.17, 15) is 9.59 Å². The van der Waals surface area contributed by atoms with Crippen LogP contribution in [-0.4, -0.2) is 18.6 Å². The van der Waals surface area contributed by atoms with Crippen LogP contribution in [0.5, 0.6) is 0 Å². The van der Waals surface area contributed by atoms with Crippen LogP contribution in [0.3, 0.4) is 0 Å². The van der Waals surface area contributed by atoms with Crippen molar-refractivity contribution in [3.8, 4) is 0 Å². The Kier molecular flexibility index (Phi) is 5.12. The van der Waals surface area contributed by atoms with E-state index < -0.39 is 17.9 Å². The molecule has 0 saturated carbocycles. The second-order valence-electron chi connectivity index (χ2n) is 6.87. The molecule has 0 spiro atoms. The molecule has 0 bridgehead atoms. The maximum Gasteiger partial charge on any atom is 0.319 e. The van der Waals surface area contributed by atoms with Gasteiger partial charge >= 0.3 is 12.0 Å². The molecule has 2 rings (SSSR count). The third-order valence-corrected chi connectivity index (χ3v) is 4.00. The van der Waals surface area contributed by atoms with E-state index in [2.05, 4.69) is 44.6 Å². The van der Waals surface area contributed by atoms with Gasteiger partial charge in [0.25, 0.3) is 0 Å². The third-order valence-electron chi connectivity index (χ3n) is 4.00. The summed E-state index contributed by atoms with van der Waals surface area (Å²) in [6.45, 7) is 13.9. The van der Waals surface area contributed by atoms with Crippen molar-refractivity contribution in [2.75, 3.05) is 6.61 Å². The highest BCUT2D eigenvalue weighted by Gasteiger charge is 2.38. The number of amides is 2. The van der Waals surface area contributed by atoms with Crippen LogP contribution in [0.15, 0.2) is 49.2 Å². The van der Waals surface area contributed by atoms with Gasteiger partial charge in [0, 0.05) is 5.70 Å². The van der Waals surface area contributed by atoms with Gasteiger partial charge in [-0.05, 0) is 16.5 Å². The molecule has 1 aromatic rings. The summed E-state index contributed by atoms with van der Waals surface area (Å²) < 4.78 is 5.16. The Bertz CT molecular complexity index is 656. The zero-order chi connectivity index (χ0) is 17.9. The Labute approximate surface area is 142 Å². The topological polar surface area (TPSA) is 67.4 Å². The summed E-state index contributed by atoms with van der Waals surface area (Å²) in [6, 6.07) is 6.99. The van der Waals surface area contributed by atoms with E-state index in [1.165, 1.54) is 11.6 Å². The van der Waals surface area contributed by atoms with Gasteiger partial charge in [-0.25, -0.2) is 4.79 Å². The van der Waals surface area contributed by atoms with Crippen molar-refractivity contribution < 1.29 is 14.3 Å². The molecule has 2 N–H and O–H groups in total. The number of esters is 1. The fraction of sp³-hybridized carbons (Fsp3) is 0.368. The summed E-state index contributed by atoms with van der Waals surface area (Å²) >= 11 is 0. The van der Waals surface area contributed by atoms with Crippen molar-refractivity contribution in [2.45, 2.75) is 32.2 Å². The Morgan fingerprint density at radius 2 is 1.92 bits per heavy atom. The molecule has 5 nitrogen and oxygen atoms in total. The van der Waals surface area contributed by atoms with Crippen molar-refractivity contribution in [1.29, 1.82) is 0 Å². The summed E-state index contributed by atoms with van der Waals surface area (Å²) in [7, 11) is 0. The lowest BCUT2D eigenvalue weighted by molar-refractivity contribution is -0.147. The highest BCUT2D eigenvalue weighted by atomic mass is 16.5. The van der Waals surface area contributed by atoms with E-state index in [1.807, 2.05) is 24.3 Å². The van der Waals surface area contributed by atoms with E-state index in [-0.39, 0.29) is 18.1 Å². The van der Waals surface area contributed by atoms with E-state index in [0.29, 0.717) is 5.70 Å². The SMILES string of the molecule is C=CCOC(=O)[C@H]1C(=C)NC(=O)N[C@@H]1c1ccc(C(C)(C)C)cc1. The molecule has 1 aromatic carbocycles.